The maximum atomic E-state index is 14.1. The second-order valence-corrected chi connectivity index (χ2v) is 26.3. The van der Waals surface area contributed by atoms with Crippen LogP contribution in [0, 0.1) is 0 Å². The number of phenolic OH excluding ortho intramolecular Hbond substituents is 2. The molecule has 6 aromatic rings. The minimum atomic E-state index is -1.15. The maximum Gasteiger partial charge on any atom is 0.352 e. The highest BCUT2D eigenvalue weighted by Gasteiger charge is 2.34. The van der Waals surface area contributed by atoms with E-state index >= 15 is 0 Å². The molecule has 12 heteroatoms. The third kappa shape index (κ3) is 12.6. The van der Waals surface area contributed by atoms with Crippen LogP contribution in [0.2, 0.25) is 0 Å². The number of fused-ring (bicyclic) bond motifs is 8. The summed E-state index contributed by atoms with van der Waals surface area (Å²) in [5, 5.41) is 25.6. The predicted molar refractivity (Wildman–Crippen MR) is 293 cm³/mol. The van der Waals surface area contributed by atoms with E-state index in [1.54, 1.807) is 13.8 Å². The highest BCUT2D eigenvalue weighted by molar-refractivity contribution is 8.01. The van der Waals surface area contributed by atoms with E-state index in [0.29, 0.717) is 61.8 Å². The van der Waals surface area contributed by atoms with Crippen molar-refractivity contribution in [1.82, 2.24) is 0 Å². The molecule has 8 nitrogen and oxygen atoms in total. The normalized spacial score (nSPS) is 14.0. The van der Waals surface area contributed by atoms with Crippen molar-refractivity contribution in [3.63, 3.8) is 0 Å². The van der Waals surface area contributed by atoms with Gasteiger partial charge in [-0.1, -0.05) is 191 Å². The van der Waals surface area contributed by atoms with Gasteiger partial charge in [0.2, 0.25) is 12.2 Å². The lowest BCUT2D eigenvalue weighted by Gasteiger charge is -2.28. The molecule has 2 atom stereocenters. The van der Waals surface area contributed by atoms with Crippen molar-refractivity contribution in [2.75, 3.05) is 13.2 Å². The van der Waals surface area contributed by atoms with Crippen LogP contribution in [0.1, 0.15) is 143 Å². The number of esters is 2. The van der Waals surface area contributed by atoms with Crippen molar-refractivity contribution in [3.8, 4) is 23.0 Å². The Kier molecular flexibility index (Phi) is 16.5. The Hall–Kier alpha value is -5.14. The molecule has 0 spiro atoms. The Bertz CT molecular complexity index is 2650. The number of carbonyl (C=O) groups is 2. The van der Waals surface area contributed by atoms with Crippen molar-refractivity contribution in [3.05, 3.63) is 143 Å². The van der Waals surface area contributed by atoms with Crippen LogP contribution in [-0.4, -0.2) is 35.4 Å². The summed E-state index contributed by atoms with van der Waals surface area (Å²) in [5.74, 6) is -0.204. The van der Waals surface area contributed by atoms with Gasteiger partial charge in [-0.15, -0.1) is 0 Å². The Balaban J connectivity index is 1.61. The third-order valence-electron chi connectivity index (χ3n) is 12.1. The molecule has 0 saturated carbocycles. The molecule has 0 aromatic heterocycles. The van der Waals surface area contributed by atoms with Crippen LogP contribution < -0.4 is 9.47 Å². The molecule has 1 aliphatic rings. The fourth-order valence-electron chi connectivity index (χ4n) is 7.80. The SMILES string of the molecule is CCOC(=O)C(Oc1c2cc(C(C)(C)C)cc1Sc1cc(C(C)(C)C)cc(c1O)Sc1cc(C(C)(C)C)cc(c1O[C@H](C(=O)OCC)c1ccccc1)Sc1cc(C(C)(C)C)cc(c1O)S2)c1ccccc1. The molecular weight excluding hydrogens is 977 g/mol. The van der Waals surface area contributed by atoms with E-state index in [2.05, 4.69) is 107 Å². The Labute approximate surface area is 443 Å². The maximum absolute atomic E-state index is 14.1. The van der Waals surface area contributed by atoms with Gasteiger partial charge in [0.25, 0.3) is 0 Å². The predicted octanol–water partition coefficient (Wildman–Crippen LogP) is 16.6. The summed E-state index contributed by atoms with van der Waals surface area (Å²) < 4.78 is 25.5. The van der Waals surface area contributed by atoms with Crippen LogP contribution in [0.4, 0.5) is 0 Å². The zero-order valence-electron chi connectivity index (χ0n) is 43.9. The molecule has 2 N–H and O–H groups in total. The molecule has 380 valence electrons. The number of aromatic hydroxyl groups is 2. The summed E-state index contributed by atoms with van der Waals surface area (Å²) in [5.41, 5.74) is 3.68. The summed E-state index contributed by atoms with van der Waals surface area (Å²) in [6, 6.07) is 35.0. The lowest BCUT2D eigenvalue weighted by Crippen LogP contribution is -2.22. The third-order valence-corrected chi connectivity index (χ3v) is 16.4. The minimum absolute atomic E-state index is 0.0420. The van der Waals surface area contributed by atoms with E-state index in [1.165, 1.54) is 47.0 Å². The van der Waals surface area contributed by atoms with Gasteiger partial charge in [0.05, 0.1) is 52.4 Å². The average molecular weight is 1050 g/mol. The lowest BCUT2D eigenvalue weighted by molar-refractivity contribution is -0.152. The van der Waals surface area contributed by atoms with Crippen molar-refractivity contribution in [2.45, 2.75) is 170 Å². The molecule has 7 rings (SSSR count). The van der Waals surface area contributed by atoms with Gasteiger partial charge in [-0.05, 0) is 106 Å². The van der Waals surface area contributed by atoms with Crippen molar-refractivity contribution >= 4 is 59.0 Å². The molecule has 1 heterocycles. The van der Waals surface area contributed by atoms with Crippen LogP contribution in [0.5, 0.6) is 23.0 Å². The number of ether oxygens (including phenoxy) is 4. The smallest absolute Gasteiger partial charge is 0.352 e. The molecule has 8 bridgehead atoms. The largest absolute Gasteiger partial charge is 0.506 e. The molecule has 0 fully saturated rings. The fraction of sp³-hybridized carbons (Fsp3) is 0.367. The first-order valence-corrected chi connectivity index (χ1v) is 27.6. The van der Waals surface area contributed by atoms with Crippen LogP contribution in [0.3, 0.4) is 0 Å². The second kappa shape index (κ2) is 21.8. The first-order valence-electron chi connectivity index (χ1n) is 24.4. The fourth-order valence-corrected chi connectivity index (χ4v) is 12.3. The van der Waals surface area contributed by atoms with Gasteiger partial charge in [-0.3, -0.25) is 0 Å². The Morgan fingerprint density at radius 1 is 0.417 bits per heavy atom. The lowest BCUT2D eigenvalue weighted by atomic mass is 9.87. The second-order valence-electron chi connectivity index (χ2n) is 22.0. The quantitative estimate of drug-likeness (QED) is 0.127. The zero-order valence-corrected chi connectivity index (χ0v) is 47.2. The van der Waals surface area contributed by atoms with Gasteiger partial charge in [0, 0.05) is 11.1 Å². The highest BCUT2D eigenvalue weighted by atomic mass is 32.2. The molecular formula is C60H68O8S4. The zero-order chi connectivity index (χ0) is 52.5. The molecule has 0 aliphatic carbocycles. The standard InChI is InChI=1S/C60H68O8S4/c1-15-65-55(63)51(35-23-19-17-20-24-35)67-53-45-31-39(59(9,10)11)32-46(53)70-42-28-38(58(6,7)8)30-44(50(42)62)72-48-34-40(60(12,13)14)33-47(71-43-29-37(57(3,4)5)27-41(69-45)49(43)61)54(48)68-52(56(64)66-16-2)36-25-21-18-22-26-36/h17-34,51-52,61-62H,15-16H2,1-14H3/t51-,52?/m0/s1. The highest BCUT2D eigenvalue weighted by Crippen LogP contribution is 2.57. The van der Waals surface area contributed by atoms with Crippen LogP contribution in [-0.2, 0) is 40.7 Å². The molecule has 0 radical (unpaired) electrons. The number of hydrogen-bond acceptors (Lipinski definition) is 12. The van der Waals surface area contributed by atoms with Gasteiger partial charge in [0.15, 0.2) is 0 Å². The number of phenols is 2. The van der Waals surface area contributed by atoms with Crippen molar-refractivity contribution in [2.24, 2.45) is 0 Å². The van der Waals surface area contributed by atoms with E-state index in [4.69, 9.17) is 18.9 Å². The van der Waals surface area contributed by atoms with Gasteiger partial charge in [-0.2, -0.15) is 0 Å². The summed E-state index contributed by atoms with van der Waals surface area (Å²) in [6.45, 7) is 29.6. The topological polar surface area (TPSA) is 112 Å². The number of rotatable bonds is 10. The summed E-state index contributed by atoms with van der Waals surface area (Å²) in [6.07, 6.45) is -2.29. The Morgan fingerprint density at radius 2 is 0.653 bits per heavy atom. The van der Waals surface area contributed by atoms with Crippen LogP contribution in [0.15, 0.2) is 148 Å². The van der Waals surface area contributed by atoms with E-state index in [1.807, 2.05) is 84.9 Å². The summed E-state index contributed by atoms with van der Waals surface area (Å²) in [4.78, 5) is 33.0. The number of hydrogen-bond donors (Lipinski definition) is 2. The molecule has 1 aliphatic heterocycles. The van der Waals surface area contributed by atoms with Crippen LogP contribution >= 0.6 is 47.0 Å². The Morgan fingerprint density at radius 3 is 0.875 bits per heavy atom. The molecule has 6 aromatic carbocycles. The molecule has 0 amide bonds. The van der Waals surface area contributed by atoms with E-state index < -0.39 is 24.1 Å². The first-order chi connectivity index (χ1) is 33.8. The van der Waals surface area contributed by atoms with E-state index in [0.717, 1.165) is 22.3 Å². The van der Waals surface area contributed by atoms with Gasteiger partial charge >= 0.3 is 11.9 Å². The van der Waals surface area contributed by atoms with E-state index in [-0.39, 0.29) is 46.4 Å². The minimum Gasteiger partial charge on any atom is -0.506 e. The summed E-state index contributed by atoms with van der Waals surface area (Å²) in [7, 11) is 0. The molecule has 72 heavy (non-hydrogen) atoms. The monoisotopic (exact) mass is 1040 g/mol. The molecule has 1 unspecified atom stereocenters. The van der Waals surface area contributed by atoms with Crippen molar-refractivity contribution < 1.29 is 38.7 Å². The van der Waals surface area contributed by atoms with Crippen molar-refractivity contribution in [1.29, 1.82) is 0 Å². The van der Waals surface area contributed by atoms with Gasteiger partial charge in [-0.25, -0.2) is 9.59 Å². The first kappa shape index (κ1) is 54.6. The molecule has 0 saturated heterocycles. The van der Waals surface area contributed by atoms with Gasteiger partial charge < -0.3 is 29.2 Å². The number of benzene rings is 6. The van der Waals surface area contributed by atoms with E-state index in [9.17, 15) is 19.8 Å². The number of carbonyl (C=O) groups excluding carboxylic acids is 2. The average Bonchev–Trinajstić information content (AvgIpc) is 3.29. The van der Waals surface area contributed by atoms with Crippen LogP contribution in [0.25, 0.3) is 0 Å². The van der Waals surface area contributed by atoms with Gasteiger partial charge in [0.1, 0.15) is 23.0 Å². The summed E-state index contributed by atoms with van der Waals surface area (Å²) >= 11 is 5.42.